The zero-order valence-electron chi connectivity index (χ0n) is 17.9. The lowest BCUT2D eigenvalue weighted by molar-refractivity contribution is -0.120. The van der Waals surface area contributed by atoms with Crippen LogP contribution in [0.3, 0.4) is 0 Å². The van der Waals surface area contributed by atoms with Crippen LogP contribution in [0.4, 0.5) is 5.13 Å². The van der Waals surface area contributed by atoms with E-state index in [1.54, 1.807) is 19.2 Å². The first-order chi connectivity index (χ1) is 15.8. The summed E-state index contributed by atoms with van der Waals surface area (Å²) >= 11 is 4.65. The molecule has 0 spiro atoms. The Morgan fingerprint density at radius 2 is 1.79 bits per heavy atom. The molecule has 0 unspecified atom stereocenters. The van der Waals surface area contributed by atoms with Crippen LogP contribution in [0, 0.1) is 5.92 Å². The number of piperidine rings is 1. The normalized spacial score (nSPS) is 15.3. The molecular formula is C22H23BrN4O4S2. The standard InChI is InChI=1S/C22H23BrN4O4S2/c1-31-19-8-4-17(5-9-19)21-25-26-22(32-21)24-20(28)16-10-12-27(13-11-16)33(29,30)14-15-2-6-18(23)7-3-15/h2-9,16H,10-14H2,1H3,(H,24,26,28). The van der Waals surface area contributed by atoms with E-state index in [4.69, 9.17) is 4.74 Å². The van der Waals surface area contributed by atoms with Crippen LogP contribution in [-0.2, 0) is 20.6 Å². The van der Waals surface area contributed by atoms with Crippen molar-refractivity contribution in [2.75, 3.05) is 25.5 Å². The van der Waals surface area contributed by atoms with Crippen molar-refractivity contribution >= 4 is 48.3 Å². The van der Waals surface area contributed by atoms with Crippen LogP contribution in [0.1, 0.15) is 18.4 Å². The maximum absolute atomic E-state index is 12.8. The maximum atomic E-state index is 12.8. The monoisotopic (exact) mass is 550 g/mol. The van der Waals surface area contributed by atoms with E-state index in [1.165, 1.54) is 15.6 Å². The summed E-state index contributed by atoms with van der Waals surface area (Å²) in [6, 6.07) is 14.7. The van der Waals surface area contributed by atoms with Gasteiger partial charge in [-0.05, 0) is 54.8 Å². The van der Waals surface area contributed by atoms with E-state index in [9.17, 15) is 13.2 Å². The molecule has 4 rings (SSSR count). The Balaban J connectivity index is 1.31. The van der Waals surface area contributed by atoms with E-state index in [2.05, 4.69) is 31.4 Å². The Hall–Kier alpha value is -2.34. The highest BCUT2D eigenvalue weighted by Gasteiger charge is 2.31. The van der Waals surface area contributed by atoms with Crippen molar-refractivity contribution in [1.82, 2.24) is 14.5 Å². The number of methoxy groups -OCH3 is 1. The summed E-state index contributed by atoms with van der Waals surface area (Å²) < 4.78 is 33.1. The van der Waals surface area contributed by atoms with E-state index in [-0.39, 0.29) is 17.6 Å². The van der Waals surface area contributed by atoms with Gasteiger partial charge in [-0.3, -0.25) is 4.79 Å². The van der Waals surface area contributed by atoms with Gasteiger partial charge in [-0.15, -0.1) is 10.2 Å². The maximum Gasteiger partial charge on any atom is 0.229 e. The summed E-state index contributed by atoms with van der Waals surface area (Å²) in [5, 5.41) is 12.2. The number of halogens is 1. The van der Waals surface area contributed by atoms with Crippen LogP contribution in [0.25, 0.3) is 10.6 Å². The molecule has 1 aliphatic heterocycles. The molecule has 0 atom stereocenters. The molecule has 1 amide bonds. The number of benzene rings is 2. The molecule has 3 aromatic rings. The third kappa shape index (κ3) is 5.97. The van der Waals surface area contributed by atoms with Crippen LogP contribution in [0.2, 0.25) is 0 Å². The highest BCUT2D eigenvalue weighted by molar-refractivity contribution is 9.10. The van der Waals surface area contributed by atoms with Gasteiger partial charge < -0.3 is 10.1 Å². The van der Waals surface area contributed by atoms with E-state index in [0.29, 0.717) is 36.1 Å². The fourth-order valence-corrected chi connectivity index (χ4v) is 6.19. The molecule has 0 bridgehead atoms. The molecule has 11 heteroatoms. The van der Waals surface area contributed by atoms with Crippen molar-refractivity contribution in [1.29, 1.82) is 0 Å². The van der Waals surface area contributed by atoms with Gasteiger partial charge in [0.05, 0.1) is 12.9 Å². The Kier molecular flexibility index (Phi) is 7.42. The van der Waals surface area contributed by atoms with Gasteiger partial charge in [0.25, 0.3) is 0 Å². The van der Waals surface area contributed by atoms with Gasteiger partial charge in [-0.1, -0.05) is 39.4 Å². The van der Waals surface area contributed by atoms with Gasteiger partial charge in [-0.25, -0.2) is 12.7 Å². The topological polar surface area (TPSA) is 101 Å². The summed E-state index contributed by atoms with van der Waals surface area (Å²) in [4.78, 5) is 12.7. The highest BCUT2D eigenvalue weighted by atomic mass is 79.9. The molecule has 0 saturated carbocycles. The molecular weight excluding hydrogens is 528 g/mol. The smallest absolute Gasteiger partial charge is 0.229 e. The summed E-state index contributed by atoms with van der Waals surface area (Å²) in [7, 11) is -1.83. The van der Waals surface area contributed by atoms with Gasteiger partial charge in [-0.2, -0.15) is 0 Å². The third-order valence-electron chi connectivity index (χ3n) is 5.47. The van der Waals surface area contributed by atoms with Crippen molar-refractivity contribution in [3.05, 3.63) is 58.6 Å². The van der Waals surface area contributed by atoms with Crippen molar-refractivity contribution in [3.63, 3.8) is 0 Å². The van der Waals surface area contributed by atoms with Crippen LogP contribution in [0.5, 0.6) is 5.75 Å². The lowest BCUT2D eigenvalue weighted by atomic mass is 9.97. The molecule has 33 heavy (non-hydrogen) atoms. The fraction of sp³-hybridized carbons (Fsp3) is 0.318. The number of nitrogens with zero attached hydrogens (tertiary/aromatic N) is 3. The second kappa shape index (κ2) is 10.3. The quantitative estimate of drug-likeness (QED) is 0.474. The number of anilines is 1. The number of rotatable bonds is 7. The Labute approximate surface area is 205 Å². The molecule has 1 fully saturated rings. The summed E-state index contributed by atoms with van der Waals surface area (Å²) in [6.07, 6.45) is 0.936. The van der Waals surface area contributed by atoms with Gasteiger partial charge >= 0.3 is 0 Å². The summed E-state index contributed by atoms with van der Waals surface area (Å²) in [5.41, 5.74) is 1.63. The average Bonchev–Trinajstić information content (AvgIpc) is 3.29. The third-order valence-corrected chi connectivity index (χ3v) is 8.74. The van der Waals surface area contributed by atoms with Gasteiger partial charge in [0.15, 0.2) is 0 Å². The first-order valence-electron chi connectivity index (χ1n) is 10.3. The number of nitrogens with one attached hydrogen (secondary N) is 1. The average molecular weight is 551 g/mol. The molecule has 0 aliphatic carbocycles. The van der Waals surface area contributed by atoms with Gasteiger partial charge in [0, 0.05) is 29.0 Å². The van der Waals surface area contributed by atoms with Crippen LogP contribution >= 0.6 is 27.3 Å². The van der Waals surface area contributed by atoms with Gasteiger partial charge in [0.1, 0.15) is 10.8 Å². The van der Waals surface area contributed by atoms with E-state index < -0.39 is 10.0 Å². The van der Waals surface area contributed by atoms with E-state index in [0.717, 1.165) is 21.3 Å². The number of carbonyl (C=O) groups is 1. The number of aromatic nitrogens is 2. The number of hydrogen-bond donors (Lipinski definition) is 1. The summed E-state index contributed by atoms with van der Waals surface area (Å²) in [5.74, 6) is 0.285. The zero-order chi connectivity index (χ0) is 23.4. The predicted octanol–water partition coefficient (Wildman–Crippen LogP) is 4.16. The summed E-state index contributed by atoms with van der Waals surface area (Å²) in [6.45, 7) is 0.647. The van der Waals surface area contributed by atoms with E-state index in [1.807, 2.05) is 36.4 Å². The minimum absolute atomic E-state index is 0.0456. The SMILES string of the molecule is COc1ccc(-c2nnc(NC(=O)C3CCN(S(=O)(=O)Cc4ccc(Br)cc4)CC3)s2)cc1. The molecule has 1 saturated heterocycles. The first kappa shape index (κ1) is 23.8. The lowest BCUT2D eigenvalue weighted by Crippen LogP contribution is -2.41. The number of ether oxygens (including phenoxy) is 1. The molecule has 2 heterocycles. The van der Waals surface area contributed by atoms with Crippen LogP contribution in [0.15, 0.2) is 53.0 Å². The molecule has 174 valence electrons. The van der Waals surface area contributed by atoms with E-state index >= 15 is 0 Å². The molecule has 1 aromatic heterocycles. The minimum atomic E-state index is -3.43. The van der Waals surface area contributed by atoms with Crippen LogP contribution < -0.4 is 10.1 Å². The number of carbonyl (C=O) groups excluding carboxylic acids is 1. The van der Waals surface area contributed by atoms with Crippen molar-refractivity contribution in [3.8, 4) is 16.3 Å². The van der Waals surface area contributed by atoms with Gasteiger partial charge in [0.2, 0.25) is 21.1 Å². The Bertz CT molecular complexity index is 1210. The minimum Gasteiger partial charge on any atom is -0.497 e. The molecule has 2 aromatic carbocycles. The highest BCUT2D eigenvalue weighted by Crippen LogP contribution is 2.29. The van der Waals surface area contributed by atoms with Crippen molar-refractivity contribution in [2.24, 2.45) is 5.92 Å². The second-order valence-electron chi connectivity index (χ2n) is 7.69. The Morgan fingerprint density at radius 3 is 2.42 bits per heavy atom. The fourth-order valence-electron chi connectivity index (χ4n) is 3.61. The number of hydrogen-bond acceptors (Lipinski definition) is 7. The number of amides is 1. The van der Waals surface area contributed by atoms with Crippen molar-refractivity contribution < 1.29 is 17.9 Å². The second-order valence-corrected chi connectivity index (χ2v) is 11.5. The molecule has 0 radical (unpaired) electrons. The molecule has 1 N–H and O–H groups in total. The molecule has 8 nitrogen and oxygen atoms in total. The predicted molar refractivity (Wildman–Crippen MR) is 132 cm³/mol. The largest absolute Gasteiger partial charge is 0.497 e. The first-order valence-corrected chi connectivity index (χ1v) is 13.6. The van der Waals surface area contributed by atoms with Crippen LogP contribution in [-0.4, -0.2) is 49.0 Å². The number of sulfonamides is 1. The molecule has 1 aliphatic rings. The van der Waals surface area contributed by atoms with Crippen molar-refractivity contribution in [2.45, 2.75) is 18.6 Å². The zero-order valence-corrected chi connectivity index (χ0v) is 21.1. The lowest BCUT2D eigenvalue weighted by Gasteiger charge is -2.30. The Morgan fingerprint density at radius 1 is 1.12 bits per heavy atom.